The molecule has 0 saturated carbocycles. The van der Waals surface area contributed by atoms with E-state index in [1.807, 2.05) is 6.07 Å². The van der Waals surface area contributed by atoms with Crippen LogP contribution in [0.2, 0.25) is 0 Å². The maximum Gasteiger partial charge on any atom is 0.0795 e. The second-order valence-electron chi connectivity index (χ2n) is 0.970. The molecule has 2 nitrogen and oxygen atoms in total. The topological polar surface area (TPSA) is 33.0 Å². The summed E-state index contributed by atoms with van der Waals surface area (Å²) in [6.45, 7) is 0. The third-order valence-electron chi connectivity index (χ3n) is 0.441. The molecule has 0 aliphatic rings. The number of allylic oxidation sites excluding steroid dienone is 1. The first-order valence-electron chi connectivity index (χ1n) is 1.96. The van der Waals surface area contributed by atoms with Crippen LogP contribution in [0.3, 0.4) is 0 Å². The number of nitrogens with zero attached hydrogens (tertiary/aromatic N) is 1. The van der Waals surface area contributed by atoms with E-state index < -0.39 is 0 Å². The van der Waals surface area contributed by atoms with E-state index >= 15 is 0 Å². The minimum Gasteiger partial charge on any atom is -0.505 e. The second kappa shape index (κ2) is 5.03. The fourth-order valence-corrected chi connectivity index (χ4v) is 0.197. The van der Waals surface area contributed by atoms with Gasteiger partial charge < -0.3 is 4.74 Å². The number of nitriles is 1. The minimum absolute atomic E-state index is 0.424. The van der Waals surface area contributed by atoms with Gasteiger partial charge in [-0.05, 0) is 6.08 Å². The molecule has 0 aromatic carbocycles. The summed E-state index contributed by atoms with van der Waals surface area (Å²) < 4.78 is 4.51. The monoisotopic (exact) mass is 97.1 g/mol. The van der Waals surface area contributed by atoms with Crippen molar-refractivity contribution >= 4 is 0 Å². The van der Waals surface area contributed by atoms with Gasteiger partial charge in [0.1, 0.15) is 0 Å². The standard InChI is InChI=1S/C5H7NO/c1-7-5-3-2-4-6/h3,5H,2H2,1H3/b5-3+. The van der Waals surface area contributed by atoms with Gasteiger partial charge in [-0.25, -0.2) is 0 Å². The summed E-state index contributed by atoms with van der Waals surface area (Å²) in [4.78, 5) is 0. The summed E-state index contributed by atoms with van der Waals surface area (Å²) in [6, 6.07) is 1.94. The first-order valence-corrected chi connectivity index (χ1v) is 1.96. The molecular weight excluding hydrogens is 90.1 g/mol. The molecule has 0 N–H and O–H groups in total. The SMILES string of the molecule is CO/C=C/CC#N. The summed E-state index contributed by atoms with van der Waals surface area (Å²) in [7, 11) is 1.55. The number of ether oxygens (including phenoxy) is 1. The highest BCUT2D eigenvalue weighted by Gasteiger charge is 1.65. The molecule has 0 spiro atoms. The summed E-state index contributed by atoms with van der Waals surface area (Å²) in [5.74, 6) is 0. The molecule has 0 atom stereocenters. The average molecular weight is 97.1 g/mol. The van der Waals surface area contributed by atoms with Crippen LogP contribution < -0.4 is 0 Å². The van der Waals surface area contributed by atoms with Gasteiger partial charge >= 0.3 is 0 Å². The molecule has 7 heavy (non-hydrogen) atoms. The fraction of sp³-hybridized carbons (Fsp3) is 0.400. The number of rotatable bonds is 2. The van der Waals surface area contributed by atoms with E-state index in [9.17, 15) is 0 Å². The van der Waals surface area contributed by atoms with Gasteiger partial charge in [-0.1, -0.05) is 0 Å². The first-order chi connectivity index (χ1) is 3.41. The number of hydrogen-bond donors (Lipinski definition) is 0. The van der Waals surface area contributed by atoms with E-state index in [4.69, 9.17) is 5.26 Å². The van der Waals surface area contributed by atoms with Crippen LogP contribution >= 0.6 is 0 Å². The van der Waals surface area contributed by atoms with Crippen molar-refractivity contribution in [3.05, 3.63) is 12.3 Å². The minimum atomic E-state index is 0.424. The van der Waals surface area contributed by atoms with Crippen molar-refractivity contribution < 1.29 is 4.74 Å². The Hall–Kier alpha value is -0.970. The molecule has 2 heteroatoms. The Morgan fingerprint density at radius 1 is 1.86 bits per heavy atom. The van der Waals surface area contributed by atoms with Gasteiger partial charge in [0.25, 0.3) is 0 Å². The fourth-order valence-electron chi connectivity index (χ4n) is 0.197. The van der Waals surface area contributed by atoms with E-state index in [1.54, 1.807) is 13.2 Å². The lowest BCUT2D eigenvalue weighted by Gasteiger charge is -1.79. The van der Waals surface area contributed by atoms with Gasteiger partial charge in [-0.2, -0.15) is 5.26 Å². The zero-order valence-corrected chi connectivity index (χ0v) is 4.22. The Morgan fingerprint density at radius 2 is 2.57 bits per heavy atom. The molecule has 0 aliphatic carbocycles. The second-order valence-corrected chi connectivity index (χ2v) is 0.970. The van der Waals surface area contributed by atoms with E-state index in [0.29, 0.717) is 6.42 Å². The predicted molar refractivity (Wildman–Crippen MR) is 26.4 cm³/mol. The van der Waals surface area contributed by atoms with Crippen molar-refractivity contribution in [3.63, 3.8) is 0 Å². The molecule has 0 radical (unpaired) electrons. The number of methoxy groups -OCH3 is 1. The van der Waals surface area contributed by atoms with Crippen LogP contribution in [0.1, 0.15) is 6.42 Å². The molecule has 0 unspecified atom stereocenters. The maximum absolute atomic E-state index is 7.94. The molecular formula is C5H7NO. The molecule has 0 aliphatic heterocycles. The molecule has 38 valence electrons. The summed E-state index contributed by atoms with van der Waals surface area (Å²) in [5.41, 5.74) is 0. The molecule has 0 fully saturated rings. The molecule has 0 aromatic rings. The van der Waals surface area contributed by atoms with Crippen molar-refractivity contribution in [2.45, 2.75) is 6.42 Å². The van der Waals surface area contributed by atoms with Crippen molar-refractivity contribution in [2.24, 2.45) is 0 Å². The van der Waals surface area contributed by atoms with Crippen LogP contribution in [0.15, 0.2) is 12.3 Å². The molecule has 0 amide bonds. The highest BCUT2D eigenvalue weighted by atomic mass is 16.5. The predicted octanol–water partition coefficient (Wildman–Crippen LogP) is 1.06. The van der Waals surface area contributed by atoms with Gasteiger partial charge in [0.05, 0.1) is 25.9 Å². The third-order valence-corrected chi connectivity index (χ3v) is 0.441. The summed E-state index contributed by atoms with van der Waals surface area (Å²) >= 11 is 0. The lowest BCUT2D eigenvalue weighted by molar-refractivity contribution is 0.337. The molecule has 0 aromatic heterocycles. The van der Waals surface area contributed by atoms with Gasteiger partial charge in [0, 0.05) is 0 Å². The average Bonchev–Trinajstić information content (AvgIpc) is 1.69. The molecule has 0 rings (SSSR count). The Labute approximate surface area is 43.0 Å². The van der Waals surface area contributed by atoms with Gasteiger partial charge in [0.15, 0.2) is 0 Å². The largest absolute Gasteiger partial charge is 0.505 e. The molecule has 0 saturated heterocycles. The van der Waals surface area contributed by atoms with Crippen molar-refractivity contribution in [3.8, 4) is 6.07 Å². The lowest BCUT2D eigenvalue weighted by Crippen LogP contribution is -1.62. The Kier molecular flexibility index (Phi) is 4.33. The van der Waals surface area contributed by atoms with E-state index in [2.05, 4.69) is 4.74 Å². The number of hydrogen-bond acceptors (Lipinski definition) is 2. The van der Waals surface area contributed by atoms with Crippen LogP contribution in [0.25, 0.3) is 0 Å². The smallest absolute Gasteiger partial charge is 0.0795 e. The van der Waals surface area contributed by atoms with Crippen molar-refractivity contribution in [1.82, 2.24) is 0 Å². The zero-order valence-electron chi connectivity index (χ0n) is 4.22. The zero-order chi connectivity index (χ0) is 5.54. The summed E-state index contributed by atoms with van der Waals surface area (Å²) in [6.07, 6.45) is 3.57. The van der Waals surface area contributed by atoms with E-state index in [0.717, 1.165) is 0 Å². The highest BCUT2D eigenvalue weighted by Crippen LogP contribution is 1.77. The quantitative estimate of drug-likeness (QED) is 0.482. The molecule has 0 heterocycles. The lowest BCUT2D eigenvalue weighted by atomic mass is 10.5. The van der Waals surface area contributed by atoms with Crippen LogP contribution in [0.4, 0.5) is 0 Å². The first kappa shape index (κ1) is 6.03. The van der Waals surface area contributed by atoms with E-state index in [-0.39, 0.29) is 0 Å². The normalized spacial score (nSPS) is 8.57. The van der Waals surface area contributed by atoms with Gasteiger partial charge in [-0.3, -0.25) is 0 Å². The Morgan fingerprint density at radius 3 is 3.00 bits per heavy atom. The third kappa shape index (κ3) is 5.03. The highest BCUT2D eigenvalue weighted by molar-refractivity contribution is 4.85. The summed E-state index contributed by atoms with van der Waals surface area (Å²) in [5, 5.41) is 7.94. The van der Waals surface area contributed by atoms with Crippen molar-refractivity contribution in [1.29, 1.82) is 5.26 Å². The Bertz CT molecular complexity index is 90.7. The van der Waals surface area contributed by atoms with Crippen LogP contribution in [-0.4, -0.2) is 7.11 Å². The van der Waals surface area contributed by atoms with Gasteiger partial charge in [0.2, 0.25) is 0 Å². The van der Waals surface area contributed by atoms with Gasteiger partial charge in [-0.15, -0.1) is 0 Å². The van der Waals surface area contributed by atoms with Crippen LogP contribution in [0, 0.1) is 11.3 Å². The molecule has 0 bridgehead atoms. The Balaban J connectivity index is 2.97. The van der Waals surface area contributed by atoms with Crippen LogP contribution in [-0.2, 0) is 4.74 Å². The maximum atomic E-state index is 7.94. The van der Waals surface area contributed by atoms with Crippen molar-refractivity contribution in [2.75, 3.05) is 7.11 Å². The van der Waals surface area contributed by atoms with E-state index in [1.165, 1.54) is 6.26 Å². The van der Waals surface area contributed by atoms with Crippen LogP contribution in [0.5, 0.6) is 0 Å².